The van der Waals surface area contributed by atoms with Crippen molar-refractivity contribution in [3.05, 3.63) is 106 Å². The van der Waals surface area contributed by atoms with Crippen molar-refractivity contribution in [3.8, 4) is 0 Å². The number of hydrogen-bond donors (Lipinski definition) is 7. The molecule has 6 bridgehead atoms. The van der Waals surface area contributed by atoms with Crippen LogP contribution in [0.4, 0.5) is 0 Å². The van der Waals surface area contributed by atoms with Crippen LogP contribution < -0.4 is 10.6 Å². The molecule has 8 nitrogen and oxygen atoms in total. The predicted molar refractivity (Wildman–Crippen MR) is 214 cm³/mol. The third-order valence-corrected chi connectivity index (χ3v) is 13.9. The van der Waals surface area contributed by atoms with E-state index in [0.717, 1.165) is 55.1 Å². The quantitative estimate of drug-likeness (QED) is 0.0705. The molecular formula is C46H64N2O6. The van der Waals surface area contributed by atoms with Gasteiger partial charge in [-0.25, -0.2) is 0 Å². The van der Waals surface area contributed by atoms with E-state index in [1.54, 1.807) is 0 Å². The zero-order valence-electron chi connectivity index (χ0n) is 32.6. The van der Waals surface area contributed by atoms with E-state index in [2.05, 4.69) is 66.6 Å². The third kappa shape index (κ3) is 7.86. The maximum Gasteiger partial charge on any atom is 0.145 e. The number of nitrogens with one attached hydrogen (secondary N) is 2. The van der Waals surface area contributed by atoms with Crippen LogP contribution in [-0.2, 0) is 17.6 Å². The molecule has 2 saturated carbocycles. The lowest BCUT2D eigenvalue weighted by Gasteiger charge is -2.61. The summed E-state index contributed by atoms with van der Waals surface area (Å²) in [6.45, 7) is 8.83. The Balaban J connectivity index is 1.32. The molecule has 54 heavy (non-hydrogen) atoms. The third-order valence-electron chi connectivity index (χ3n) is 13.9. The number of benzene rings is 1. The molecule has 1 aromatic carbocycles. The van der Waals surface area contributed by atoms with E-state index in [-0.39, 0.29) is 48.8 Å². The van der Waals surface area contributed by atoms with Crippen LogP contribution in [-0.4, -0.2) is 82.6 Å². The van der Waals surface area contributed by atoms with Gasteiger partial charge in [-0.2, -0.15) is 0 Å². The van der Waals surface area contributed by atoms with Gasteiger partial charge in [0.05, 0.1) is 18.3 Å². The molecule has 7 N–H and O–H groups in total. The Labute approximate surface area is 322 Å². The van der Waals surface area contributed by atoms with E-state index < -0.39 is 29.3 Å². The lowest BCUT2D eigenvalue weighted by Crippen LogP contribution is -2.65. The van der Waals surface area contributed by atoms with E-state index in [1.807, 2.05) is 32.2 Å². The van der Waals surface area contributed by atoms with Crippen LogP contribution in [0.1, 0.15) is 76.3 Å². The molecule has 1 heterocycles. The molecule has 1 aliphatic heterocycles. The van der Waals surface area contributed by atoms with Gasteiger partial charge >= 0.3 is 0 Å². The molecule has 1 aromatic rings. The molecule has 0 saturated heterocycles. The Bertz CT molecular complexity index is 1680. The largest absolute Gasteiger partial charge is 0.396 e. The zero-order chi connectivity index (χ0) is 38.6. The number of hydrogen-bond acceptors (Lipinski definition) is 8. The highest BCUT2D eigenvalue weighted by molar-refractivity contribution is 5.74. The predicted octanol–water partition coefficient (Wildman–Crippen LogP) is 5.27. The molecular weight excluding hydrogens is 677 g/mol. The van der Waals surface area contributed by atoms with Crippen molar-refractivity contribution in [2.24, 2.45) is 40.9 Å². The summed E-state index contributed by atoms with van der Waals surface area (Å²) in [5.74, 6) is -0.635. The Morgan fingerprint density at radius 3 is 2.61 bits per heavy atom. The molecule has 0 amide bonds. The lowest BCUT2D eigenvalue weighted by molar-refractivity contribution is -0.194. The Morgan fingerprint density at radius 1 is 1.11 bits per heavy atom. The monoisotopic (exact) mass is 740 g/mol. The maximum absolute atomic E-state index is 12.8. The van der Waals surface area contributed by atoms with Crippen molar-refractivity contribution >= 4 is 6.29 Å². The lowest BCUT2D eigenvalue weighted by atomic mass is 9.45. The first-order chi connectivity index (χ1) is 26.0. The standard InChI is InChI=1S/C46H64N2O6/c1-29(40-24-33-10-6-9-32(23-33)22-31(3)48-44(53)36-12-7-11-35(40)25-36)8-5-13-38(28-51)39-16-18-46(43(39)52)42-34(17-21-49)14-15-37(41(42)30(2)27-50)26-45(46,54)19-20-47-4/h5-6,8-10,13-15,23,25,27,31,34-35,37,39-40,42-44,47-49,51-54H,1,7,11-12,16-22,24,26,28H2,2-4H3/b8-5+,38-13-,41-30?/t31-,34+,35+,37+,39+,40-,42+,43-,44+,45-,46-/m1/s1. The first kappa shape index (κ1) is 40.7. The van der Waals surface area contributed by atoms with E-state index in [9.17, 15) is 30.3 Å². The van der Waals surface area contributed by atoms with E-state index in [0.29, 0.717) is 49.8 Å². The number of aldehydes is 1. The van der Waals surface area contributed by atoms with Crippen LogP contribution in [0.25, 0.3) is 0 Å². The van der Waals surface area contributed by atoms with Crippen molar-refractivity contribution in [1.82, 2.24) is 10.6 Å². The van der Waals surface area contributed by atoms with Crippen molar-refractivity contribution < 1.29 is 30.3 Å². The van der Waals surface area contributed by atoms with Gasteiger partial charge in [0, 0.05) is 29.9 Å². The zero-order valence-corrected chi connectivity index (χ0v) is 32.6. The fourth-order valence-electron chi connectivity index (χ4n) is 11.3. The summed E-state index contributed by atoms with van der Waals surface area (Å²) in [6, 6.07) is 8.88. The highest BCUT2D eigenvalue weighted by atomic mass is 16.3. The first-order valence-electron chi connectivity index (χ1n) is 20.4. The SMILES string of the molecule is C=C(/C=C/C=C(/CO)[C@@H]1CC[C@]2([C@@H]1O)[C@@H]1C(=C(C)C=O)[C@@H](C=C[C@H]1CCO)C[C@]2(O)CCNC)[C@H]1Cc2cccc(c2)C[C@@H](C)N[C@@H](O)C2=C[C@@H]1CCC2. The minimum Gasteiger partial charge on any atom is -0.396 e. The Hall–Kier alpha value is -2.95. The van der Waals surface area contributed by atoms with Crippen molar-refractivity contribution in [2.75, 3.05) is 26.8 Å². The van der Waals surface area contributed by atoms with Gasteiger partial charge in [-0.05, 0) is 143 Å². The average molecular weight is 741 g/mol. The number of aliphatic hydroxyl groups is 5. The molecule has 1 spiro atoms. The second-order valence-corrected chi connectivity index (χ2v) is 17.1. The highest BCUT2D eigenvalue weighted by Crippen LogP contribution is 2.67. The number of carbonyl (C=O) groups is 1. The fraction of sp³-hybridized carbons (Fsp3) is 0.587. The molecule has 294 valence electrons. The van der Waals surface area contributed by atoms with Crippen molar-refractivity contribution in [1.29, 1.82) is 0 Å². The van der Waals surface area contributed by atoms with Crippen LogP contribution in [0.2, 0.25) is 0 Å². The van der Waals surface area contributed by atoms with Gasteiger partial charge in [0.1, 0.15) is 12.5 Å². The molecule has 6 rings (SSSR count). The van der Waals surface area contributed by atoms with Gasteiger partial charge in [0.2, 0.25) is 0 Å². The summed E-state index contributed by atoms with van der Waals surface area (Å²) in [5, 5.41) is 64.1. The number of fused-ring (bicyclic) bond motifs is 6. The van der Waals surface area contributed by atoms with Crippen LogP contribution >= 0.6 is 0 Å². The van der Waals surface area contributed by atoms with Crippen LogP contribution in [0.15, 0.2) is 95.2 Å². The molecule has 5 aliphatic rings. The first-order valence-corrected chi connectivity index (χ1v) is 20.4. The van der Waals surface area contributed by atoms with Gasteiger partial charge < -0.3 is 30.8 Å². The van der Waals surface area contributed by atoms with Crippen LogP contribution in [0, 0.1) is 40.9 Å². The van der Waals surface area contributed by atoms with E-state index in [4.69, 9.17) is 0 Å². The summed E-state index contributed by atoms with van der Waals surface area (Å²) in [7, 11) is 1.86. The fourth-order valence-corrected chi connectivity index (χ4v) is 11.3. The summed E-state index contributed by atoms with van der Waals surface area (Å²) >= 11 is 0. The summed E-state index contributed by atoms with van der Waals surface area (Å²) < 4.78 is 0. The number of carbonyl (C=O) groups excluding carboxylic acids is 1. The Kier molecular flexibility index (Phi) is 13.2. The van der Waals surface area contributed by atoms with Gasteiger partial charge in [-0.3, -0.25) is 10.1 Å². The molecule has 4 aliphatic carbocycles. The topological polar surface area (TPSA) is 142 Å². The molecule has 0 unspecified atom stereocenters. The van der Waals surface area contributed by atoms with Gasteiger partial charge in [0.15, 0.2) is 0 Å². The molecule has 2 fully saturated rings. The van der Waals surface area contributed by atoms with E-state index in [1.165, 1.54) is 11.1 Å². The number of rotatable bonds is 11. The van der Waals surface area contributed by atoms with Gasteiger partial charge in [0.25, 0.3) is 0 Å². The summed E-state index contributed by atoms with van der Waals surface area (Å²) in [6.07, 6.45) is 18.6. The van der Waals surface area contributed by atoms with Gasteiger partial charge in [-0.1, -0.05) is 78.4 Å². The van der Waals surface area contributed by atoms with Crippen LogP contribution in [0.3, 0.4) is 0 Å². The molecule has 0 radical (unpaired) electrons. The molecule has 0 aromatic heterocycles. The normalized spacial score (nSPS) is 37.8. The van der Waals surface area contributed by atoms with Crippen molar-refractivity contribution in [2.45, 2.75) is 102 Å². The highest BCUT2D eigenvalue weighted by Gasteiger charge is 2.68. The second-order valence-electron chi connectivity index (χ2n) is 17.1. The summed E-state index contributed by atoms with van der Waals surface area (Å²) in [5.41, 5.74) is 4.66. The van der Waals surface area contributed by atoms with Crippen molar-refractivity contribution in [3.63, 3.8) is 0 Å². The minimum absolute atomic E-state index is 0.0360. The Morgan fingerprint density at radius 2 is 1.89 bits per heavy atom. The number of aliphatic hydroxyl groups excluding tert-OH is 4. The van der Waals surface area contributed by atoms with E-state index >= 15 is 0 Å². The molecule has 8 heteroatoms. The summed E-state index contributed by atoms with van der Waals surface area (Å²) in [4.78, 5) is 12.3. The number of allylic oxidation sites excluding steroid dienone is 9. The average Bonchev–Trinajstić information content (AvgIpc) is 3.51. The second kappa shape index (κ2) is 17.5. The van der Waals surface area contributed by atoms with Crippen LogP contribution in [0.5, 0.6) is 0 Å². The maximum atomic E-state index is 12.8. The smallest absolute Gasteiger partial charge is 0.145 e. The minimum atomic E-state index is -1.23. The molecule has 11 atom stereocenters. The van der Waals surface area contributed by atoms with Gasteiger partial charge in [-0.15, -0.1) is 0 Å².